The highest BCUT2D eigenvalue weighted by atomic mass is 32.2. The van der Waals surface area contributed by atoms with Crippen LogP contribution < -0.4 is 10.0 Å². The minimum atomic E-state index is -3.84. The van der Waals surface area contributed by atoms with E-state index >= 15 is 0 Å². The number of hydrogen-bond acceptors (Lipinski definition) is 7. The number of hydrogen-bond donors (Lipinski definition) is 2. The first-order chi connectivity index (χ1) is 9.19. The third kappa shape index (κ3) is 3.98. The van der Waals surface area contributed by atoms with Gasteiger partial charge in [0.15, 0.2) is 5.00 Å². The fourth-order valence-electron chi connectivity index (χ4n) is 1.22. The molecule has 1 heterocycles. The molecule has 2 unspecified atom stereocenters. The molecule has 0 aliphatic rings. The molecule has 1 rings (SSSR count). The first-order valence-corrected chi connectivity index (χ1v) is 9.39. The van der Waals surface area contributed by atoms with Gasteiger partial charge in [-0.1, -0.05) is 11.3 Å². The fourth-order valence-corrected chi connectivity index (χ4v) is 4.10. The van der Waals surface area contributed by atoms with Crippen molar-refractivity contribution in [3.63, 3.8) is 0 Å². The zero-order chi connectivity index (χ0) is 15.5. The first-order valence-electron chi connectivity index (χ1n) is 5.47. The van der Waals surface area contributed by atoms with Gasteiger partial charge < -0.3 is 5.32 Å². The van der Waals surface area contributed by atoms with Crippen LogP contribution in [0, 0.1) is 10.1 Å². The standard InChI is InChI=1S/C9H15N3O5S3/c1-6(19(3)15)5-11-20(16,17)8-4-7(12(13)14)9(10-2)18-8/h4,6,10-11H,5H2,1-3H3. The van der Waals surface area contributed by atoms with E-state index < -0.39 is 25.7 Å². The largest absolute Gasteiger partial charge is 0.374 e. The van der Waals surface area contributed by atoms with Gasteiger partial charge in [0.1, 0.15) is 4.21 Å². The minimum Gasteiger partial charge on any atom is -0.374 e. The van der Waals surface area contributed by atoms with Crippen molar-refractivity contribution in [3.8, 4) is 0 Å². The van der Waals surface area contributed by atoms with Crippen LogP contribution in [0.2, 0.25) is 0 Å². The zero-order valence-electron chi connectivity index (χ0n) is 11.1. The van der Waals surface area contributed by atoms with Crippen LogP contribution in [-0.4, -0.2) is 42.6 Å². The quantitative estimate of drug-likeness (QED) is 0.558. The number of rotatable bonds is 7. The van der Waals surface area contributed by atoms with Gasteiger partial charge in [0.25, 0.3) is 0 Å². The van der Waals surface area contributed by atoms with Gasteiger partial charge >= 0.3 is 5.69 Å². The molecule has 0 bridgehead atoms. The lowest BCUT2D eigenvalue weighted by atomic mass is 10.5. The number of nitro groups is 1. The van der Waals surface area contributed by atoms with E-state index in [1.54, 1.807) is 6.92 Å². The molecule has 0 amide bonds. The number of anilines is 1. The van der Waals surface area contributed by atoms with E-state index in [-0.39, 0.29) is 26.7 Å². The molecule has 0 fully saturated rings. The van der Waals surface area contributed by atoms with Crippen molar-refractivity contribution < 1.29 is 17.6 Å². The topological polar surface area (TPSA) is 118 Å². The summed E-state index contributed by atoms with van der Waals surface area (Å²) in [6.07, 6.45) is 1.48. The highest BCUT2D eigenvalue weighted by Gasteiger charge is 2.26. The molecule has 0 spiro atoms. The predicted octanol–water partition coefficient (Wildman–Crippen LogP) is 0.743. The second-order valence-corrected chi connectivity index (χ2v) is 8.80. The van der Waals surface area contributed by atoms with Gasteiger partial charge in [0, 0.05) is 42.0 Å². The Labute approximate surface area is 123 Å². The highest BCUT2D eigenvalue weighted by molar-refractivity contribution is 7.91. The molecule has 11 heteroatoms. The number of nitrogens with one attached hydrogen (secondary N) is 2. The van der Waals surface area contributed by atoms with E-state index in [2.05, 4.69) is 10.0 Å². The maximum Gasteiger partial charge on any atom is 0.304 e. The molecular formula is C9H15N3O5S3. The van der Waals surface area contributed by atoms with Gasteiger partial charge in [-0.2, -0.15) is 0 Å². The SMILES string of the molecule is CNc1sc(S(=O)(=O)NCC(C)S(C)=O)cc1[N+](=O)[O-]. The van der Waals surface area contributed by atoms with Crippen molar-refractivity contribution in [1.29, 1.82) is 0 Å². The Morgan fingerprint density at radius 2 is 2.15 bits per heavy atom. The summed E-state index contributed by atoms with van der Waals surface area (Å²) in [6.45, 7) is 1.65. The molecule has 1 aromatic rings. The molecule has 0 aromatic carbocycles. The average Bonchev–Trinajstić information content (AvgIpc) is 2.80. The predicted molar refractivity (Wildman–Crippen MR) is 79.2 cm³/mol. The van der Waals surface area contributed by atoms with Crippen molar-refractivity contribution >= 4 is 42.8 Å². The van der Waals surface area contributed by atoms with Gasteiger partial charge in [-0.3, -0.25) is 14.3 Å². The smallest absolute Gasteiger partial charge is 0.304 e. The summed E-state index contributed by atoms with van der Waals surface area (Å²) >= 11 is 0.776. The summed E-state index contributed by atoms with van der Waals surface area (Å²) in [5.74, 6) is 0. The highest BCUT2D eigenvalue weighted by Crippen LogP contribution is 2.36. The molecule has 0 saturated heterocycles. The van der Waals surface area contributed by atoms with Gasteiger partial charge in [0.05, 0.1) is 4.92 Å². The van der Waals surface area contributed by atoms with Gasteiger partial charge in [-0.05, 0) is 6.92 Å². The lowest BCUT2D eigenvalue weighted by Crippen LogP contribution is -2.32. The third-order valence-electron chi connectivity index (χ3n) is 2.51. The number of nitrogens with zero attached hydrogens (tertiary/aromatic N) is 1. The maximum absolute atomic E-state index is 12.0. The Bertz CT molecular complexity index is 625. The summed E-state index contributed by atoms with van der Waals surface area (Å²) in [4.78, 5) is 10.1. The van der Waals surface area contributed by atoms with Crippen molar-refractivity contribution in [2.24, 2.45) is 0 Å². The first kappa shape index (κ1) is 17.0. The van der Waals surface area contributed by atoms with E-state index in [1.807, 2.05) is 0 Å². The lowest BCUT2D eigenvalue weighted by molar-refractivity contribution is -0.383. The molecule has 2 atom stereocenters. The van der Waals surface area contributed by atoms with E-state index in [0.29, 0.717) is 0 Å². The van der Waals surface area contributed by atoms with Crippen molar-refractivity contribution in [2.75, 3.05) is 25.2 Å². The van der Waals surface area contributed by atoms with E-state index in [1.165, 1.54) is 13.3 Å². The van der Waals surface area contributed by atoms with Crippen LogP contribution in [0.25, 0.3) is 0 Å². The zero-order valence-corrected chi connectivity index (χ0v) is 13.5. The molecule has 2 N–H and O–H groups in total. The van der Waals surface area contributed by atoms with Crippen LogP contribution >= 0.6 is 11.3 Å². The fraction of sp³-hybridized carbons (Fsp3) is 0.556. The van der Waals surface area contributed by atoms with Crippen molar-refractivity contribution in [3.05, 3.63) is 16.2 Å². The van der Waals surface area contributed by atoms with Crippen LogP contribution in [0.5, 0.6) is 0 Å². The van der Waals surface area contributed by atoms with Crippen molar-refractivity contribution in [2.45, 2.75) is 16.4 Å². The molecule has 8 nitrogen and oxygen atoms in total. The molecule has 1 aromatic heterocycles. The van der Waals surface area contributed by atoms with Gasteiger partial charge in [-0.25, -0.2) is 13.1 Å². The van der Waals surface area contributed by atoms with Crippen LogP contribution in [0.3, 0.4) is 0 Å². The molecule has 0 saturated carbocycles. The molecule has 0 radical (unpaired) electrons. The van der Waals surface area contributed by atoms with E-state index in [0.717, 1.165) is 17.4 Å². The second-order valence-electron chi connectivity index (χ2n) is 3.95. The molecule has 0 aliphatic carbocycles. The normalized spacial score (nSPS) is 14.8. The van der Waals surface area contributed by atoms with E-state index in [4.69, 9.17) is 0 Å². The second kappa shape index (κ2) is 6.61. The number of thiophene rings is 1. The number of sulfonamides is 1. The molecule has 20 heavy (non-hydrogen) atoms. The minimum absolute atomic E-state index is 0.00598. The Morgan fingerprint density at radius 3 is 2.55 bits per heavy atom. The summed E-state index contributed by atoms with van der Waals surface area (Å²) in [5.41, 5.74) is -0.287. The molecule has 114 valence electrons. The van der Waals surface area contributed by atoms with E-state index in [9.17, 15) is 22.7 Å². The lowest BCUT2D eigenvalue weighted by Gasteiger charge is -2.09. The Balaban J connectivity index is 2.98. The summed E-state index contributed by atoms with van der Waals surface area (Å²) in [6, 6.07) is 1.01. The Kier molecular flexibility index (Phi) is 5.62. The van der Waals surface area contributed by atoms with Crippen LogP contribution in [0.4, 0.5) is 10.7 Å². The third-order valence-corrected chi connectivity index (χ3v) is 6.84. The summed E-state index contributed by atoms with van der Waals surface area (Å²) in [7, 11) is -3.52. The Hall–Kier alpha value is -1.04. The van der Waals surface area contributed by atoms with Gasteiger partial charge in [0.2, 0.25) is 10.0 Å². The average molecular weight is 341 g/mol. The maximum atomic E-state index is 12.0. The summed E-state index contributed by atoms with van der Waals surface area (Å²) in [5, 5.41) is 13.2. The van der Waals surface area contributed by atoms with Crippen molar-refractivity contribution in [1.82, 2.24) is 4.72 Å². The van der Waals surface area contributed by atoms with Crippen LogP contribution in [0.15, 0.2) is 10.3 Å². The molecular weight excluding hydrogens is 326 g/mol. The van der Waals surface area contributed by atoms with Crippen LogP contribution in [0.1, 0.15) is 6.92 Å². The molecule has 0 aliphatic heterocycles. The monoisotopic (exact) mass is 341 g/mol. The Morgan fingerprint density at radius 1 is 1.55 bits per heavy atom. The van der Waals surface area contributed by atoms with Gasteiger partial charge in [-0.15, -0.1) is 0 Å². The summed E-state index contributed by atoms with van der Waals surface area (Å²) < 4.78 is 37.3. The van der Waals surface area contributed by atoms with Crippen LogP contribution in [-0.2, 0) is 20.8 Å².